The average Bonchev–Trinajstić information content (AvgIpc) is 2.90. The SMILES string of the molecule is CC(C)C12CC3C(CC[C@H]3C)C(C)(O1)C(OC(=O)CO)C2. The lowest BCUT2D eigenvalue weighted by Crippen LogP contribution is -2.53. The summed E-state index contributed by atoms with van der Waals surface area (Å²) >= 11 is 0. The fourth-order valence-corrected chi connectivity index (χ4v) is 5.17. The van der Waals surface area contributed by atoms with Gasteiger partial charge in [0.2, 0.25) is 0 Å². The van der Waals surface area contributed by atoms with Gasteiger partial charge >= 0.3 is 5.97 Å². The zero-order valence-electron chi connectivity index (χ0n) is 13.6. The van der Waals surface area contributed by atoms with Crippen LogP contribution in [0.15, 0.2) is 0 Å². The first kappa shape index (κ1) is 15.3. The number of hydrogen-bond donors (Lipinski definition) is 1. The summed E-state index contributed by atoms with van der Waals surface area (Å²) < 4.78 is 12.2. The number of hydrogen-bond acceptors (Lipinski definition) is 4. The highest BCUT2D eigenvalue weighted by Crippen LogP contribution is 2.62. The van der Waals surface area contributed by atoms with Crippen LogP contribution in [-0.4, -0.2) is 35.0 Å². The molecule has 4 nitrogen and oxygen atoms in total. The molecule has 120 valence electrons. The van der Waals surface area contributed by atoms with Gasteiger partial charge in [0, 0.05) is 6.42 Å². The predicted octanol–water partition coefficient (Wildman–Crippen LogP) is 2.53. The molecule has 5 unspecified atom stereocenters. The molecule has 3 rings (SSSR count). The minimum atomic E-state index is -0.550. The van der Waals surface area contributed by atoms with Crippen LogP contribution in [0.25, 0.3) is 0 Å². The molecule has 1 N–H and O–H groups in total. The van der Waals surface area contributed by atoms with Crippen LogP contribution in [0.1, 0.15) is 53.4 Å². The molecule has 0 spiro atoms. The molecule has 6 atom stereocenters. The van der Waals surface area contributed by atoms with Crippen molar-refractivity contribution in [1.29, 1.82) is 0 Å². The van der Waals surface area contributed by atoms with E-state index in [0.717, 1.165) is 25.2 Å². The van der Waals surface area contributed by atoms with Crippen LogP contribution in [0.2, 0.25) is 0 Å². The largest absolute Gasteiger partial charge is 0.457 e. The second-order valence-corrected chi connectivity index (χ2v) is 7.88. The van der Waals surface area contributed by atoms with E-state index in [2.05, 4.69) is 27.7 Å². The van der Waals surface area contributed by atoms with E-state index in [1.807, 2.05) is 0 Å². The van der Waals surface area contributed by atoms with Crippen LogP contribution in [0.5, 0.6) is 0 Å². The number of carbonyl (C=O) groups excluding carboxylic acids is 1. The summed E-state index contributed by atoms with van der Waals surface area (Å²) in [5.41, 5.74) is -0.558. The Morgan fingerprint density at radius 1 is 1.38 bits per heavy atom. The number of ether oxygens (including phenoxy) is 2. The Morgan fingerprint density at radius 2 is 2.10 bits per heavy atom. The smallest absolute Gasteiger partial charge is 0.332 e. The molecule has 1 saturated carbocycles. The first-order valence-corrected chi connectivity index (χ1v) is 8.33. The lowest BCUT2D eigenvalue weighted by Gasteiger charge is -2.48. The maximum absolute atomic E-state index is 11.6. The highest BCUT2D eigenvalue weighted by Gasteiger charge is 2.66. The molecule has 0 amide bonds. The van der Waals surface area contributed by atoms with Gasteiger partial charge in [-0.3, -0.25) is 0 Å². The van der Waals surface area contributed by atoms with Gasteiger partial charge in [0.15, 0.2) is 0 Å². The molecular formula is C17H28O4. The van der Waals surface area contributed by atoms with Gasteiger partial charge in [0.1, 0.15) is 18.3 Å². The predicted molar refractivity (Wildman–Crippen MR) is 78.6 cm³/mol. The molecule has 0 radical (unpaired) electrons. The van der Waals surface area contributed by atoms with E-state index in [-0.39, 0.29) is 17.3 Å². The summed E-state index contributed by atoms with van der Waals surface area (Å²) in [4.78, 5) is 11.6. The van der Waals surface area contributed by atoms with E-state index in [0.29, 0.717) is 17.8 Å². The number of fused-ring (bicyclic) bond motifs is 4. The fraction of sp³-hybridized carbons (Fsp3) is 0.941. The third-order valence-corrected chi connectivity index (χ3v) is 6.55. The number of carbonyl (C=O) groups is 1. The maximum Gasteiger partial charge on any atom is 0.332 e. The van der Waals surface area contributed by atoms with Crippen LogP contribution in [0, 0.1) is 23.7 Å². The summed E-state index contributed by atoms with van der Waals surface area (Å²) in [6, 6.07) is 0. The van der Waals surface area contributed by atoms with Gasteiger partial charge in [-0.25, -0.2) is 4.79 Å². The zero-order chi connectivity index (χ0) is 15.4. The molecule has 0 aromatic carbocycles. The van der Waals surface area contributed by atoms with E-state index >= 15 is 0 Å². The Labute approximate surface area is 127 Å². The van der Waals surface area contributed by atoms with Crippen molar-refractivity contribution in [2.24, 2.45) is 23.7 Å². The molecule has 2 saturated heterocycles. The van der Waals surface area contributed by atoms with Gasteiger partial charge < -0.3 is 14.6 Å². The molecule has 0 aromatic rings. The van der Waals surface area contributed by atoms with Gasteiger partial charge in [-0.1, -0.05) is 27.2 Å². The molecule has 4 heteroatoms. The summed E-state index contributed by atoms with van der Waals surface area (Å²) in [5, 5.41) is 9.01. The normalized spacial score (nSPS) is 48.5. The van der Waals surface area contributed by atoms with E-state index < -0.39 is 12.6 Å². The van der Waals surface area contributed by atoms with E-state index in [1.54, 1.807) is 0 Å². The topological polar surface area (TPSA) is 55.8 Å². The fourth-order valence-electron chi connectivity index (χ4n) is 5.17. The standard InChI is InChI=1S/C17H28O4/c1-10(2)17-7-12-11(3)5-6-13(12)16(4,21-17)14(8-17)20-15(19)9-18/h10-14,18H,5-9H2,1-4H3/t11-,12?,13?,14?,16?,17?/m1/s1. The van der Waals surface area contributed by atoms with E-state index in [4.69, 9.17) is 14.6 Å². The minimum Gasteiger partial charge on any atom is -0.457 e. The summed E-state index contributed by atoms with van der Waals surface area (Å²) in [6.45, 7) is 8.34. The van der Waals surface area contributed by atoms with E-state index in [9.17, 15) is 4.79 Å². The Balaban J connectivity index is 1.94. The third kappa shape index (κ3) is 2.14. The van der Waals surface area contributed by atoms with Gasteiger partial charge in [-0.05, 0) is 43.4 Å². The van der Waals surface area contributed by atoms with E-state index in [1.165, 1.54) is 6.42 Å². The molecule has 3 aliphatic rings. The number of aliphatic hydroxyl groups excluding tert-OH is 1. The van der Waals surface area contributed by atoms with Crippen LogP contribution in [-0.2, 0) is 14.3 Å². The summed E-state index contributed by atoms with van der Waals surface area (Å²) in [7, 11) is 0. The molecule has 2 aliphatic heterocycles. The van der Waals surface area contributed by atoms with Crippen molar-refractivity contribution in [2.45, 2.75) is 70.7 Å². The second-order valence-electron chi connectivity index (χ2n) is 7.88. The molecule has 0 aromatic heterocycles. The van der Waals surface area contributed by atoms with Gasteiger partial charge in [0.05, 0.1) is 5.60 Å². The van der Waals surface area contributed by atoms with Crippen molar-refractivity contribution >= 4 is 5.97 Å². The summed E-state index contributed by atoms with van der Waals surface area (Å²) in [6.07, 6.45) is 4.03. The van der Waals surface area contributed by atoms with Crippen LogP contribution in [0.4, 0.5) is 0 Å². The van der Waals surface area contributed by atoms with Gasteiger partial charge in [-0.15, -0.1) is 0 Å². The lowest BCUT2D eigenvalue weighted by atomic mass is 9.72. The molecule has 21 heavy (non-hydrogen) atoms. The van der Waals surface area contributed by atoms with Crippen LogP contribution in [0.3, 0.4) is 0 Å². The van der Waals surface area contributed by atoms with Gasteiger partial charge in [-0.2, -0.15) is 0 Å². The van der Waals surface area contributed by atoms with Crippen molar-refractivity contribution < 1.29 is 19.4 Å². The first-order chi connectivity index (χ1) is 9.82. The Morgan fingerprint density at radius 3 is 2.71 bits per heavy atom. The molecule has 1 aliphatic carbocycles. The Kier molecular flexibility index (Phi) is 3.61. The quantitative estimate of drug-likeness (QED) is 0.813. The molecular weight excluding hydrogens is 268 g/mol. The van der Waals surface area contributed by atoms with Crippen LogP contribution >= 0.6 is 0 Å². The highest BCUT2D eigenvalue weighted by atomic mass is 16.6. The Bertz CT molecular complexity index is 435. The van der Waals surface area contributed by atoms with Crippen molar-refractivity contribution in [2.75, 3.05) is 6.61 Å². The van der Waals surface area contributed by atoms with Crippen molar-refractivity contribution in [3.8, 4) is 0 Å². The first-order valence-electron chi connectivity index (χ1n) is 8.33. The summed E-state index contributed by atoms with van der Waals surface area (Å²) in [5.74, 6) is 1.74. The monoisotopic (exact) mass is 296 g/mol. The zero-order valence-corrected chi connectivity index (χ0v) is 13.6. The number of rotatable bonds is 3. The van der Waals surface area contributed by atoms with Crippen molar-refractivity contribution in [3.63, 3.8) is 0 Å². The Hall–Kier alpha value is -0.610. The third-order valence-electron chi connectivity index (χ3n) is 6.55. The minimum absolute atomic E-state index is 0.172. The second kappa shape index (κ2) is 4.95. The highest BCUT2D eigenvalue weighted by molar-refractivity contribution is 5.70. The van der Waals surface area contributed by atoms with Crippen LogP contribution < -0.4 is 0 Å². The lowest BCUT2D eigenvalue weighted by molar-refractivity contribution is -0.214. The molecule has 2 bridgehead atoms. The van der Waals surface area contributed by atoms with Gasteiger partial charge in [0.25, 0.3) is 0 Å². The van der Waals surface area contributed by atoms with Crippen molar-refractivity contribution in [1.82, 2.24) is 0 Å². The average molecular weight is 296 g/mol. The number of esters is 1. The molecule has 2 heterocycles. The van der Waals surface area contributed by atoms with Crippen molar-refractivity contribution in [3.05, 3.63) is 0 Å². The molecule has 3 fully saturated rings. The maximum atomic E-state index is 11.6. The number of aliphatic hydroxyl groups is 1.